The molecule has 0 saturated heterocycles. The molecule has 29 heavy (non-hydrogen) atoms. The van der Waals surface area contributed by atoms with Gasteiger partial charge in [-0.25, -0.2) is 4.98 Å². The van der Waals surface area contributed by atoms with Crippen LogP contribution in [0.15, 0.2) is 61.2 Å². The number of rotatable bonds is 9. The number of carbonyl (C=O) groups is 2. The lowest BCUT2D eigenvalue weighted by atomic mass is 10.2. The van der Waals surface area contributed by atoms with Gasteiger partial charge in [0.25, 0.3) is 5.91 Å². The van der Waals surface area contributed by atoms with E-state index in [1.54, 1.807) is 30.3 Å². The Morgan fingerprint density at radius 3 is 2.66 bits per heavy atom. The summed E-state index contributed by atoms with van der Waals surface area (Å²) in [5, 5.41) is 6.10. The summed E-state index contributed by atoms with van der Waals surface area (Å²) in [5.41, 5.74) is 2.22. The number of nitrogens with zero attached hydrogens (tertiary/aromatic N) is 2. The van der Waals surface area contributed by atoms with Gasteiger partial charge in [-0.3, -0.25) is 9.59 Å². The topological polar surface area (TPSA) is 76.0 Å². The number of hydrogen-bond acceptors (Lipinski definition) is 3. The smallest absolute Gasteiger partial charge is 0.252 e. The quantitative estimate of drug-likeness (QED) is 0.419. The molecule has 2 aromatic carbocycles. The fraction of sp³-hybridized carbons (Fsp3) is 0.227. The third-order valence-corrected chi connectivity index (χ3v) is 4.79. The van der Waals surface area contributed by atoms with Crippen LogP contribution < -0.4 is 10.6 Å². The molecule has 0 spiro atoms. The number of carbonyl (C=O) groups excluding carboxylic acids is 2. The Morgan fingerprint density at radius 2 is 1.86 bits per heavy atom. The molecule has 0 saturated carbocycles. The molecule has 0 fully saturated rings. The zero-order valence-electron chi connectivity index (χ0n) is 16.0. The summed E-state index contributed by atoms with van der Waals surface area (Å²) in [6.07, 6.45) is 2.96. The lowest BCUT2D eigenvalue weighted by molar-refractivity contribution is -0.121. The second kappa shape index (κ2) is 9.89. The van der Waals surface area contributed by atoms with Gasteiger partial charge in [0.2, 0.25) is 5.91 Å². The van der Waals surface area contributed by atoms with Crippen molar-refractivity contribution < 1.29 is 9.59 Å². The van der Waals surface area contributed by atoms with Crippen molar-refractivity contribution in [2.75, 3.05) is 13.1 Å². The molecule has 0 radical (unpaired) electrons. The Balaban J connectivity index is 1.64. The largest absolute Gasteiger partial charge is 0.352 e. The molecule has 0 aliphatic carbocycles. The molecule has 3 rings (SSSR count). The molecule has 0 aliphatic heterocycles. The molecule has 0 atom stereocenters. The highest BCUT2D eigenvalue weighted by Gasteiger charge is 2.14. The van der Waals surface area contributed by atoms with Crippen molar-refractivity contribution in [3.8, 4) is 0 Å². The maximum absolute atomic E-state index is 12.3. The van der Waals surface area contributed by atoms with Crippen LogP contribution in [-0.4, -0.2) is 34.5 Å². The number of halogens is 1. The van der Waals surface area contributed by atoms with Crippen molar-refractivity contribution in [2.24, 2.45) is 0 Å². The van der Waals surface area contributed by atoms with Gasteiger partial charge < -0.3 is 15.2 Å². The Bertz CT molecular complexity index is 1030. The van der Waals surface area contributed by atoms with Crippen LogP contribution in [0, 0.1) is 0 Å². The molecule has 1 heterocycles. The second-order valence-electron chi connectivity index (χ2n) is 6.53. The van der Waals surface area contributed by atoms with Crippen molar-refractivity contribution in [1.29, 1.82) is 0 Å². The van der Waals surface area contributed by atoms with Gasteiger partial charge >= 0.3 is 0 Å². The van der Waals surface area contributed by atoms with Crippen LogP contribution in [0.1, 0.15) is 22.6 Å². The third kappa shape index (κ3) is 5.23. The van der Waals surface area contributed by atoms with Gasteiger partial charge in [0.05, 0.1) is 21.6 Å². The van der Waals surface area contributed by atoms with Gasteiger partial charge in [0.15, 0.2) is 0 Å². The van der Waals surface area contributed by atoms with Crippen molar-refractivity contribution in [1.82, 2.24) is 20.2 Å². The number of imidazole rings is 1. The van der Waals surface area contributed by atoms with Crippen molar-refractivity contribution in [3.05, 3.63) is 77.6 Å². The Hall–Kier alpha value is -3.12. The molecule has 3 aromatic rings. The third-order valence-electron chi connectivity index (χ3n) is 4.46. The zero-order chi connectivity index (χ0) is 20.6. The van der Waals surface area contributed by atoms with E-state index in [1.807, 2.05) is 28.8 Å². The van der Waals surface area contributed by atoms with Crippen molar-refractivity contribution in [2.45, 2.75) is 19.4 Å². The maximum atomic E-state index is 12.3. The highest BCUT2D eigenvalue weighted by molar-refractivity contribution is 6.33. The SMILES string of the molecule is C=CCNC(=O)Cn1c(CCCNC(=O)c2ccccc2Cl)nc2ccccc21. The van der Waals surface area contributed by atoms with E-state index in [9.17, 15) is 9.59 Å². The molecule has 0 aliphatic rings. The van der Waals surface area contributed by atoms with Crippen molar-refractivity contribution in [3.63, 3.8) is 0 Å². The molecule has 1 aromatic heterocycles. The predicted molar refractivity (Wildman–Crippen MR) is 115 cm³/mol. The molecule has 2 amide bonds. The molecule has 2 N–H and O–H groups in total. The van der Waals surface area contributed by atoms with Crippen molar-refractivity contribution >= 4 is 34.4 Å². The second-order valence-corrected chi connectivity index (χ2v) is 6.94. The minimum atomic E-state index is -0.201. The molecular weight excluding hydrogens is 388 g/mol. The van der Waals surface area contributed by atoms with Crippen LogP contribution in [0.2, 0.25) is 5.02 Å². The number of para-hydroxylation sites is 2. The van der Waals surface area contributed by atoms with Crippen LogP contribution in [0.25, 0.3) is 11.0 Å². The van der Waals surface area contributed by atoms with Gasteiger partial charge in [0, 0.05) is 19.5 Å². The van der Waals surface area contributed by atoms with E-state index in [0.29, 0.717) is 36.5 Å². The first kappa shape index (κ1) is 20.6. The number of nitrogens with one attached hydrogen (secondary N) is 2. The summed E-state index contributed by atoms with van der Waals surface area (Å²) in [6.45, 7) is 4.71. The van der Waals surface area contributed by atoms with E-state index in [-0.39, 0.29) is 18.4 Å². The van der Waals surface area contributed by atoms with Crippen LogP contribution >= 0.6 is 11.6 Å². The Kier molecular flexibility index (Phi) is 7.03. The zero-order valence-corrected chi connectivity index (χ0v) is 16.8. The first-order valence-electron chi connectivity index (χ1n) is 9.44. The average Bonchev–Trinajstić information content (AvgIpc) is 3.07. The predicted octanol–water partition coefficient (Wildman–Crippen LogP) is 3.35. The summed E-state index contributed by atoms with van der Waals surface area (Å²) in [5.74, 6) is 0.515. The summed E-state index contributed by atoms with van der Waals surface area (Å²) in [7, 11) is 0. The number of hydrogen-bond donors (Lipinski definition) is 2. The first-order chi connectivity index (χ1) is 14.1. The highest BCUT2D eigenvalue weighted by Crippen LogP contribution is 2.17. The molecule has 7 heteroatoms. The van der Waals surface area contributed by atoms with Gasteiger partial charge in [-0.2, -0.15) is 0 Å². The molecule has 6 nitrogen and oxygen atoms in total. The average molecular weight is 411 g/mol. The standard InChI is InChI=1S/C22H23ClN4O2/c1-2-13-24-21(28)15-27-19-11-6-5-10-18(19)26-20(27)12-7-14-25-22(29)16-8-3-4-9-17(16)23/h2-6,8-11H,1,7,12-15H2,(H,24,28)(H,25,29). The summed E-state index contributed by atoms with van der Waals surface area (Å²) < 4.78 is 1.92. The summed E-state index contributed by atoms with van der Waals surface area (Å²) in [4.78, 5) is 29.1. The molecule has 150 valence electrons. The monoisotopic (exact) mass is 410 g/mol. The van der Waals surface area contributed by atoms with E-state index in [2.05, 4.69) is 22.2 Å². The van der Waals surface area contributed by atoms with Gasteiger partial charge in [0.1, 0.15) is 12.4 Å². The molecule has 0 bridgehead atoms. The van der Waals surface area contributed by atoms with Crippen LogP contribution in [0.5, 0.6) is 0 Å². The number of benzene rings is 2. The fourth-order valence-corrected chi connectivity index (χ4v) is 3.29. The Morgan fingerprint density at radius 1 is 1.10 bits per heavy atom. The first-order valence-corrected chi connectivity index (χ1v) is 9.82. The van der Waals surface area contributed by atoms with Crippen LogP contribution in [0.3, 0.4) is 0 Å². The highest BCUT2D eigenvalue weighted by atomic mass is 35.5. The van der Waals surface area contributed by atoms with E-state index >= 15 is 0 Å². The van der Waals surface area contributed by atoms with Crippen LogP contribution in [-0.2, 0) is 17.8 Å². The van der Waals surface area contributed by atoms with Crippen LogP contribution in [0.4, 0.5) is 0 Å². The fourth-order valence-electron chi connectivity index (χ4n) is 3.07. The maximum Gasteiger partial charge on any atom is 0.252 e. The number of amides is 2. The minimum Gasteiger partial charge on any atom is -0.352 e. The number of aromatic nitrogens is 2. The van der Waals surface area contributed by atoms with E-state index < -0.39 is 0 Å². The molecule has 0 unspecified atom stereocenters. The summed E-state index contributed by atoms with van der Waals surface area (Å²) in [6, 6.07) is 14.7. The van der Waals surface area contributed by atoms with E-state index in [1.165, 1.54) is 0 Å². The van der Waals surface area contributed by atoms with Gasteiger partial charge in [-0.1, -0.05) is 41.9 Å². The van der Waals surface area contributed by atoms with Gasteiger partial charge in [-0.15, -0.1) is 6.58 Å². The normalized spacial score (nSPS) is 10.7. The minimum absolute atomic E-state index is 0.0960. The number of aryl methyl sites for hydroxylation is 1. The van der Waals surface area contributed by atoms with E-state index in [4.69, 9.17) is 11.6 Å². The lowest BCUT2D eigenvalue weighted by Crippen LogP contribution is -2.28. The van der Waals surface area contributed by atoms with E-state index in [0.717, 1.165) is 16.9 Å². The lowest BCUT2D eigenvalue weighted by Gasteiger charge is -2.10. The number of fused-ring (bicyclic) bond motifs is 1. The Labute approximate surface area is 174 Å². The van der Waals surface area contributed by atoms with Gasteiger partial charge in [-0.05, 0) is 30.7 Å². The molecular formula is C22H23ClN4O2. The summed E-state index contributed by atoms with van der Waals surface area (Å²) >= 11 is 6.06.